The lowest BCUT2D eigenvalue weighted by atomic mass is 10.1. The van der Waals surface area contributed by atoms with E-state index in [0.29, 0.717) is 31.1 Å². The van der Waals surface area contributed by atoms with Crippen LogP contribution < -0.4 is 10.9 Å². The van der Waals surface area contributed by atoms with Crippen molar-refractivity contribution in [3.63, 3.8) is 0 Å². The third-order valence-electron chi connectivity index (χ3n) is 2.87. The van der Waals surface area contributed by atoms with Gasteiger partial charge >= 0.3 is 0 Å². The molecule has 0 bridgehead atoms. The fourth-order valence-corrected chi connectivity index (χ4v) is 1.96. The summed E-state index contributed by atoms with van der Waals surface area (Å²) in [6.07, 6.45) is 0.683. The predicted molar refractivity (Wildman–Crippen MR) is 67.9 cm³/mol. The van der Waals surface area contributed by atoms with E-state index in [1.54, 1.807) is 0 Å². The fraction of sp³-hybridized carbons (Fsp3) is 0.231. The minimum Gasteiger partial charge on any atom is -0.376 e. The van der Waals surface area contributed by atoms with Crippen molar-refractivity contribution < 1.29 is 4.74 Å². The number of anilines is 2. The molecule has 0 unspecified atom stereocenters. The minimum atomic E-state index is -0.127. The zero-order chi connectivity index (χ0) is 12.4. The average Bonchev–Trinajstić information content (AvgIpc) is 2.40. The first-order chi connectivity index (χ1) is 8.83. The smallest absolute Gasteiger partial charge is 0.258 e. The van der Waals surface area contributed by atoms with E-state index in [-0.39, 0.29) is 5.56 Å². The van der Waals surface area contributed by atoms with Gasteiger partial charge in [0.1, 0.15) is 0 Å². The zero-order valence-corrected chi connectivity index (χ0v) is 9.77. The minimum absolute atomic E-state index is 0.127. The van der Waals surface area contributed by atoms with Gasteiger partial charge in [0.05, 0.1) is 24.5 Å². The van der Waals surface area contributed by atoms with Crippen molar-refractivity contribution in [3.05, 3.63) is 51.9 Å². The van der Waals surface area contributed by atoms with Crippen molar-refractivity contribution in [2.75, 3.05) is 11.9 Å². The molecule has 5 heteroatoms. The quantitative estimate of drug-likeness (QED) is 0.840. The second-order valence-electron chi connectivity index (χ2n) is 4.13. The van der Waals surface area contributed by atoms with Gasteiger partial charge in [0.25, 0.3) is 5.56 Å². The summed E-state index contributed by atoms with van der Waals surface area (Å²) in [7, 11) is 0. The van der Waals surface area contributed by atoms with E-state index < -0.39 is 0 Å². The summed E-state index contributed by atoms with van der Waals surface area (Å²) in [5, 5.41) is 3.09. The summed E-state index contributed by atoms with van der Waals surface area (Å²) in [6, 6.07) is 9.62. The number of benzene rings is 1. The molecule has 2 aromatic rings. The molecule has 0 amide bonds. The number of hydrogen-bond acceptors (Lipinski definition) is 4. The van der Waals surface area contributed by atoms with Crippen LogP contribution in [0.4, 0.5) is 11.6 Å². The van der Waals surface area contributed by atoms with Gasteiger partial charge in [-0.05, 0) is 12.1 Å². The van der Waals surface area contributed by atoms with Crippen LogP contribution in [-0.4, -0.2) is 16.6 Å². The number of hydrogen-bond donors (Lipinski definition) is 2. The number of para-hydroxylation sites is 1. The summed E-state index contributed by atoms with van der Waals surface area (Å²) in [6.45, 7) is 0.970. The Balaban J connectivity index is 1.94. The van der Waals surface area contributed by atoms with Crippen molar-refractivity contribution in [2.24, 2.45) is 0 Å². The van der Waals surface area contributed by atoms with Crippen LogP contribution in [0.5, 0.6) is 0 Å². The van der Waals surface area contributed by atoms with E-state index in [2.05, 4.69) is 15.3 Å². The molecule has 0 saturated carbocycles. The Bertz CT molecular complexity index is 607. The summed E-state index contributed by atoms with van der Waals surface area (Å²) in [5.41, 5.74) is 2.23. The zero-order valence-electron chi connectivity index (χ0n) is 9.77. The molecule has 1 aliphatic heterocycles. The number of rotatable bonds is 2. The average molecular weight is 243 g/mol. The molecule has 5 nitrogen and oxygen atoms in total. The maximum atomic E-state index is 11.9. The monoisotopic (exact) mass is 243 g/mol. The Kier molecular flexibility index (Phi) is 2.82. The van der Waals surface area contributed by atoms with Crippen LogP contribution in [0.15, 0.2) is 35.1 Å². The summed E-state index contributed by atoms with van der Waals surface area (Å²) in [4.78, 5) is 19.0. The van der Waals surface area contributed by atoms with Crippen LogP contribution in [0.25, 0.3) is 0 Å². The number of aromatic amines is 1. The molecule has 0 fully saturated rings. The molecule has 1 aromatic heterocycles. The van der Waals surface area contributed by atoms with E-state index in [4.69, 9.17) is 4.74 Å². The number of H-pyrrole nitrogens is 1. The molecule has 2 heterocycles. The van der Waals surface area contributed by atoms with Crippen LogP contribution in [0.2, 0.25) is 0 Å². The van der Waals surface area contributed by atoms with Gasteiger partial charge in [-0.2, -0.15) is 0 Å². The van der Waals surface area contributed by atoms with Gasteiger partial charge < -0.3 is 10.1 Å². The molecule has 0 aliphatic carbocycles. The highest BCUT2D eigenvalue weighted by molar-refractivity contribution is 5.52. The van der Waals surface area contributed by atoms with Crippen LogP contribution in [0, 0.1) is 0 Å². The number of aromatic nitrogens is 2. The number of fused-ring (bicyclic) bond motifs is 1. The van der Waals surface area contributed by atoms with E-state index in [0.717, 1.165) is 11.4 Å². The van der Waals surface area contributed by atoms with E-state index >= 15 is 0 Å². The van der Waals surface area contributed by atoms with Gasteiger partial charge in [0, 0.05) is 12.1 Å². The topological polar surface area (TPSA) is 67.0 Å². The third kappa shape index (κ3) is 2.12. The van der Waals surface area contributed by atoms with Gasteiger partial charge in [-0.25, -0.2) is 4.98 Å². The molecule has 1 aliphatic rings. The van der Waals surface area contributed by atoms with Gasteiger partial charge in [-0.1, -0.05) is 18.2 Å². The van der Waals surface area contributed by atoms with Crippen molar-refractivity contribution in [3.8, 4) is 0 Å². The summed E-state index contributed by atoms with van der Waals surface area (Å²) >= 11 is 0. The molecule has 3 rings (SSSR count). The molecular formula is C13H13N3O2. The second kappa shape index (κ2) is 4.62. The summed E-state index contributed by atoms with van der Waals surface area (Å²) in [5.74, 6) is 0.479. The van der Waals surface area contributed by atoms with E-state index in [1.807, 2.05) is 30.3 Å². The first kappa shape index (κ1) is 11.0. The van der Waals surface area contributed by atoms with Crippen molar-refractivity contribution in [1.29, 1.82) is 0 Å². The lowest BCUT2D eigenvalue weighted by Crippen LogP contribution is -2.24. The van der Waals surface area contributed by atoms with Crippen molar-refractivity contribution in [2.45, 2.75) is 13.0 Å². The van der Waals surface area contributed by atoms with E-state index in [9.17, 15) is 4.79 Å². The van der Waals surface area contributed by atoms with Crippen molar-refractivity contribution >= 4 is 11.6 Å². The predicted octanol–water partition coefficient (Wildman–Crippen LogP) is 1.59. The Morgan fingerprint density at radius 3 is 2.94 bits per heavy atom. The summed E-state index contributed by atoms with van der Waals surface area (Å²) < 4.78 is 5.25. The molecule has 18 heavy (non-hydrogen) atoms. The normalized spacial score (nSPS) is 14.0. The molecule has 0 atom stereocenters. The standard InChI is InChI=1S/C13H13N3O2/c17-12-10-8-18-7-6-11(10)15-13(16-12)14-9-4-2-1-3-5-9/h1-5H,6-8H2,(H2,14,15,16,17). The first-order valence-electron chi connectivity index (χ1n) is 5.85. The Morgan fingerprint density at radius 2 is 2.11 bits per heavy atom. The number of ether oxygens (including phenoxy) is 1. The van der Waals surface area contributed by atoms with Crippen LogP contribution in [0.1, 0.15) is 11.3 Å². The van der Waals surface area contributed by atoms with Crippen LogP contribution >= 0.6 is 0 Å². The van der Waals surface area contributed by atoms with Crippen LogP contribution in [-0.2, 0) is 17.8 Å². The van der Waals surface area contributed by atoms with Gasteiger partial charge in [0.15, 0.2) is 0 Å². The molecule has 2 N–H and O–H groups in total. The molecule has 0 spiro atoms. The van der Waals surface area contributed by atoms with Gasteiger partial charge in [-0.3, -0.25) is 9.78 Å². The van der Waals surface area contributed by atoms with E-state index in [1.165, 1.54) is 0 Å². The molecule has 0 radical (unpaired) electrons. The Labute approximate surface area is 104 Å². The Morgan fingerprint density at radius 1 is 1.28 bits per heavy atom. The molecule has 1 aromatic carbocycles. The molecule has 0 saturated heterocycles. The maximum Gasteiger partial charge on any atom is 0.258 e. The number of nitrogens with zero attached hydrogens (tertiary/aromatic N) is 1. The second-order valence-corrected chi connectivity index (χ2v) is 4.13. The van der Waals surface area contributed by atoms with Crippen LogP contribution in [0.3, 0.4) is 0 Å². The Hall–Kier alpha value is -2.14. The highest BCUT2D eigenvalue weighted by Gasteiger charge is 2.15. The van der Waals surface area contributed by atoms with Gasteiger partial charge in [0.2, 0.25) is 5.95 Å². The lowest BCUT2D eigenvalue weighted by Gasteiger charge is -2.15. The van der Waals surface area contributed by atoms with Crippen molar-refractivity contribution in [1.82, 2.24) is 9.97 Å². The molecular weight excluding hydrogens is 230 g/mol. The largest absolute Gasteiger partial charge is 0.376 e. The lowest BCUT2D eigenvalue weighted by molar-refractivity contribution is 0.108. The number of nitrogens with one attached hydrogen (secondary N) is 2. The molecule has 92 valence electrons. The highest BCUT2D eigenvalue weighted by Crippen LogP contribution is 2.15. The first-order valence-corrected chi connectivity index (χ1v) is 5.85. The van der Waals surface area contributed by atoms with Gasteiger partial charge in [-0.15, -0.1) is 0 Å². The third-order valence-corrected chi connectivity index (χ3v) is 2.87. The SMILES string of the molecule is O=c1[nH]c(Nc2ccccc2)nc2c1COCC2. The maximum absolute atomic E-state index is 11.9. The highest BCUT2D eigenvalue weighted by atomic mass is 16.5. The fourth-order valence-electron chi connectivity index (χ4n) is 1.96.